The third-order valence-electron chi connectivity index (χ3n) is 1.33. The van der Waals surface area contributed by atoms with Crippen molar-refractivity contribution in [2.24, 2.45) is 0 Å². The van der Waals surface area contributed by atoms with E-state index in [9.17, 15) is 8.78 Å². The fourth-order valence-electron chi connectivity index (χ4n) is 0.469. The van der Waals surface area contributed by atoms with E-state index in [1.54, 1.807) is 6.92 Å². The number of hydrogen-bond donors (Lipinski definition) is 2. The molecule has 0 aromatic heterocycles. The summed E-state index contributed by atoms with van der Waals surface area (Å²) in [5.41, 5.74) is -2.04. The summed E-state index contributed by atoms with van der Waals surface area (Å²) >= 11 is 2.11. The Morgan fingerprint density at radius 3 is 2.27 bits per heavy atom. The van der Waals surface area contributed by atoms with Crippen molar-refractivity contribution in [3.8, 4) is 0 Å². The quantitative estimate of drug-likeness (QED) is 0.717. The Morgan fingerprint density at radius 1 is 1.55 bits per heavy atom. The number of alkyl halides is 3. The van der Waals surface area contributed by atoms with Gasteiger partial charge in [-0.05, 0) is 29.4 Å². The van der Waals surface area contributed by atoms with Crippen molar-refractivity contribution in [1.29, 1.82) is 0 Å². The van der Waals surface area contributed by atoms with Gasteiger partial charge in [-0.3, -0.25) is 0 Å². The summed E-state index contributed by atoms with van der Waals surface area (Å²) in [5, 5.41) is 11.8. The Kier molecular flexibility index (Phi) is 3.87. The van der Waals surface area contributed by atoms with Gasteiger partial charge in [0.1, 0.15) is 5.60 Å². The summed E-state index contributed by atoms with van der Waals surface area (Å²) in [6.45, 7) is 3.27. The molecule has 0 rings (SSSR count). The molecule has 0 aromatic carbocycles. The van der Waals surface area contributed by atoms with Gasteiger partial charge in [-0.1, -0.05) is 6.92 Å². The lowest BCUT2D eigenvalue weighted by atomic mass is 10.1. The molecule has 0 heterocycles. The number of aliphatic hydroxyl groups is 1. The number of nitrogens with one attached hydrogen (secondary N) is 1. The van der Waals surface area contributed by atoms with E-state index in [2.05, 4.69) is 21.2 Å². The zero-order chi connectivity index (χ0) is 9.12. The van der Waals surface area contributed by atoms with Crippen molar-refractivity contribution in [2.75, 3.05) is 13.1 Å². The molecule has 0 saturated heterocycles. The van der Waals surface area contributed by atoms with Gasteiger partial charge in [0.25, 0.3) is 0 Å². The van der Waals surface area contributed by atoms with Crippen molar-refractivity contribution in [3.05, 3.63) is 0 Å². The van der Waals surface area contributed by atoms with Gasteiger partial charge in [0.15, 0.2) is 0 Å². The van der Waals surface area contributed by atoms with Crippen LogP contribution in [0, 0.1) is 0 Å². The maximum atomic E-state index is 12.5. The molecule has 0 aromatic rings. The Morgan fingerprint density at radius 2 is 2.00 bits per heavy atom. The van der Waals surface area contributed by atoms with E-state index < -0.39 is 10.4 Å². The van der Waals surface area contributed by atoms with Crippen LogP contribution in [0.3, 0.4) is 0 Å². The van der Waals surface area contributed by atoms with E-state index in [4.69, 9.17) is 5.11 Å². The van der Waals surface area contributed by atoms with Crippen LogP contribution in [0.5, 0.6) is 0 Å². The third kappa shape index (κ3) is 3.44. The first kappa shape index (κ1) is 11.3. The molecular weight excluding hydrogens is 220 g/mol. The van der Waals surface area contributed by atoms with Crippen LogP contribution in [0.4, 0.5) is 8.78 Å². The van der Waals surface area contributed by atoms with E-state index in [-0.39, 0.29) is 6.54 Å². The highest BCUT2D eigenvalue weighted by molar-refractivity contribution is 9.10. The molecular formula is C6H12BrF2NO. The number of likely N-dealkylation sites (N-methyl/N-ethyl adjacent to an activating group) is 1. The van der Waals surface area contributed by atoms with Crippen LogP contribution in [0.15, 0.2) is 0 Å². The maximum absolute atomic E-state index is 12.5. The highest BCUT2D eigenvalue weighted by atomic mass is 79.9. The molecule has 0 amide bonds. The smallest absolute Gasteiger partial charge is 0.330 e. The topological polar surface area (TPSA) is 32.3 Å². The second-order valence-corrected chi connectivity index (χ2v) is 3.55. The lowest BCUT2D eigenvalue weighted by Crippen LogP contribution is -2.49. The largest absolute Gasteiger partial charge is 0.382 e. The van der Waals surface area contributed by atoms with Gasteiger partial charge < -0.3 is 10.4 Å². The molecule has 5 heteroatoms. The van der Waals surface area contributed by atoms with Crippen LogP contribution >= 0.6 is 15.9 Å². The zero-order valence-electron chi connectivity index (χ0n) is 6.50. The van der Waals surface area contributed by atoms with Gasteiger partial charge in [-0.25, -0.2) is 0 Å². The molecule has 0 saturated carbocycles. The molecule has 0 aliphatic rings. The second kappa shape index (κ2) is 3.78. The van der Waals surface area contributed by atoms with Crippen molar-refractivity contribution >= 4 is 15.9 Å². The predicted octanol–water partition coefficient (Wildman–Crippen LogP) is 1.33. The first-order valence-corrected chi connectivity index (χ1v) is 4.10. The molecule has 2 N–H and O–H groups in total. The molecule has 0 aliphatic carbocycles. The Bertz CT molecular complexity index is 124. The standard InChI is InChI=1S/C6H12BrF2NO/c1-3-10-4-5(2,11)6(7,8)9/h10-11H,3-4H2,1-2H3. The van der Waals surface area contributed by atoms with Crippen LogP contribution in [0.2, 0.25) is 0 Å². The normalized spacial score (nSPS) is 18.0. The molecule has 0 fully saturated rings. The molecule has 0 bridgehead atoms. The van der Waals surface area contributed by atoms with E-state index in [0.29, 0.717) is 6.54 Å². The highest BCUT2D eigenvalue weighted by Crippen LogP contribution is 2.33. The average Bonchev–Trinajstić information content (AvgIpc) is 1.81. The summed E-state index contributed by atoms with van der Waals surface area (Å²) in [4.78, 5) is -3.25. The predicted molar refractivity (Wildman–Crippen MR) is 43.0 cm³/mol. The minimum Gasteiger partial charge on any atom is -0.382 e. The fraction of sp³-hybridized carbons (Fsp3) is 1.00. The fourth-order valence-corrected chi connectivity index (χ4v) is 0.609. The number of hydrogen-bond acceptors (Lipinski definition) is 2. The van der Waals surface area contributed by atoms with Crippen molar-refractivity contribution < 1.29 is 13.9 Å². The van der Waals surface area contributed by atoms with Gasteiger partial charge in [0.2, 0.25) is 0 Å². The lowest BCUT2D eigenvalue weighted by molar-refractivity contribution is -0.100. The molecule has 68 valence electrons. The average molecular weight is 232 g/mol. The molecule has 0 spiro atoms. The monoisotopic (exact) mass is 231 g/mol. The SMILES string of the molecule is CCNCC(C)(O)C(F)(F)Br. The van der Waals surface area contributed by atoms with E-state index in [0.717, 1.165) is 6.92 Å². The van der Waals surface area contributed by atoms with Crippen molar-refractivity contribution in [1.82, 2.24) is 5.32 Å². The Hall–Kier alpha value is 0.260. The number of halogens is 3. The molecule has 11 heavy (non-hydrogen) atoms. The molecule has 0 radical (unpaired) electrons. The minimum atomic E-state index is -3.25. The van der Waals surface area contributed by atoms with Crippen molar-refractivity contribution in [3.63, 3.8) is 0 Å². The molecule has 2 nitrogen and oxygen atoms in total. The van der Waals surface area contributed by atoms with Crippen LogP contribution in [-0.2, 0) is 0 Å². The number of rotatable bonds is 4. The summed E-state index contributed by atoms with van der Waals surface area (Å²) in [6, 6.07) is 0. The van der Waals surface area contributed by atoms with Crippen LogP contribution in [-0.4, -0.2) is 28.6 Å². The molecule has 0 aliphatic heterocycles. The van der Waals surface area contributed by atoms with Gasteiger partial charge in [-0.15, -0.1) is 0 Å². The first-order chi connectivity index (χ1) is 4.81. The van der Waals surface area contributed by atoms with Crippen LogP contribution in [0.25, 0.3) is 0 Å². The summed E-state index contributed by atoms with van der Waals surface area (Å²) in [5.74, 6) is 0. The zero-order valence-corrected chi connectivity index (χ0v) is 8.08. The Labute approximate surface area is 73.1 Å². The summed E-state index contributed by atoms with van der Waals surface area (Å²) < 4.78 is 24.9. The maximum Gasteiger partial charge on any atom is 0.330 e. The van der Waals surface area contributed by atoms with Gasteiger partial charge in [0.05, 0.1) is 0 Å². The Balaban J connectivity index is 4.00. The van der Waals surface area contributed by atoms with E-state index in [1.165, 1.54) is 0 Å². The lowest BCUT2D eigenvalue weighted by Gasteiger charge is -2.28. The molecule has 1 unspecified atom stereocenters. The summed E-state index contributed by atoms with van der Waals surface area (Å²) in [7, 11) is 0. The van der Waals surface area contributed by atoms with Gasteiger partial charge in [-0.2, -0.15) is 8.78 Å². The van der Waals surface area contributed by atoms with Gasteiger partial charge >= 0.3 is 4.83 Å². The third-order valence-corrected chi connectivity index (χ3v) is 2.18. The minimum absolute atomic E-state index is 0.137. The van der Waals surface area contributed by atoms with Crippen LogP contribution in [0.1, 0.15) is 13.8 Å². The first-order valence-electron chi connectivity index (χ1n) is 3.31. The summed E-state index contributed by atoms with van der Waals surface area (Å²) in [6.07, 6.45) is 0. The van der Waals surface area contributed by atoms with Crippen LogP contribution < -0.4 is 5.32 Å². The van der Waals surface area contributed by atoms with Gasteiger partial charge in [0, 0.05) is 6.54 Å². The van der Waals surface area contributed by atoms with E-state index in [1.807, 2.05) is 0 Å². The second-order valence-electron chi connectivity index (χ2n) is 2.55. The van der Waals surface area contributed by atoms with E-state index >= 15 is 0 Å². The van der Waals surface area contributed by atoms with Crippen molar-refractivity contribution in [2.45, 2.75) is 24.3 Å². The highest BCUT2D eigenvalue weighted by Gasteiger charge is 2.46. The molecule has 1 atom stereocenters.